The standard InChI is InChI=1S/C17H25NO3/c1-12(14-7-8-14)18(3)10-16(20)11-21-17-6-4-5-15(9-17)13(2)19/h4-6,9,12,14,16,20H,7-8,10-11H2,1-3H3. The van der Waals surface area contributed by atoms with E-state index in [1.54, 1.807) is 24.3 Å². The molecule has 21 heavy (non-hydrogen) atoms. The maximum Gasteiger partial charge on any atom is 0.159 e. The van der Waals surface area contributed by atoms with Crippen LogP contribution in [-0.2, 0) is 0 Å². The summed E-state index contributed by atoms with van der Waals surface area (Å²) < 4.78 is 5.59. The number of Topliss-reactive ketones (excluding diaryl/α,β-unsaturated/α-hetero) is 1. The topological polar surface area (TPSA) is 49.8 Å². The Hall–Kier alpha value is -1.39. The first-order chi connectivity index (χ1) is 9.97. The Morgan fingerprint density at radius 3 is 2.81 bits per heavy atom. The minimum Gasteiger partial charge on any atom is -0.491 e. The molecular weight excluding hydrogens is 266 g/mol. The van der Waals surface area contributed by atoms with E-state index in [9.17, 15) is 9.90 Å². The molecule has 1 aliphatic carbocycles. The van der Waals surface area contributed by atoms with Crippen LogP contribution in [0, 0.1) is 5.92 Å². The number of nitrogens with zero attached hydrogens (tertiary/aromatic N) is 1. The Kier molecular flexibility index (Phi) is 5.37. The number of aliphatic hydroxyl groups is 1. The van der Waals surface area contributed by atoms with Crippen LogP contribution in [0.5, 0.6) is 5.75 Å². The quantitative estimate of drug-likeness (QED) is 0.747. The molecule has 0 bridgehead atoms. The van der Waals surface area contributed by atoms with Gasteiger partial charge in [0.15, 0.2) is 5.78 Å². The van der Waals surface area contributed by atoms with Crippen molar-refractivity contribution in [2.75, 3.05) is 20.2 Å². The first-order valence-corrected chi connectivity index (χ1v) is 7.59. The zero-order valence-corrected chi connectivity index (χ0v) is 13.1. The van der Waals surface area contributed by atoms with Gasteiger partial charge in [0, 0.05) is 18.2 Å². The van der Waals surface area contributed by atoms with Gasteiger partial charge in [0.25, 0.3) is 0 Å². The molecule has 0 aliphatic heterocycles. The maximum atomic E-state index is 11.3. The number of likely N-dealkylation sites (N-methyl/N-ethyl adjacent to an activating group) is 1. The van der Waals surface area contributed by atoms with Crippen molar-refractivity contribution in [1.82, 2.24) is 4.90 Å². The minimum absolute atomic E-state index is 0.0130. The van der Waals surface area contributed by atoms with Crippen molar-refractivity contribution in [3.63, 3.8) is 0 Å². The van der Waals surface area contributed by atoms with Gasteiger partial charge in [-0.25, -0.2) is 0 Å². The van der Waals surface area contributed by atoms with Crippen molar-refractivity contribution in [2.24, 2.45) is 5.92 Å². The fourth-order valence-electron chi connectivity index (χ4n) is 2.49. The Morgan fingerprint density at radius 1 is 1.48 bits per heavy atom. The molecule has 2 unspecified atom stereocenters. The maximum absolute atomic E-state index is 11.3. The van der Waals surface area contributed by atoms with Crippen molar-refractivity contribution in [3.8, 4) is 5.75 Å². The van der Waals surface area contributed by atoms with Gasteiger partial charge in [-0.2, -0.15) is 0 Å². The van der Waals surface area contributed by atoms with Crippen LogP contribution in [-0.4, -0.2) is 48.1 Å². The van der Waals surface area contributed by atoms with E-state index in [-0.39, 0.29) is 12.4 Å². The molecule has 0 saturated heterocycles. The molecule has 2 atom stereocenters. The molecule has 1 aromatic carbocycles. The fourth-order valence-corrected chi connectivity index (χ4v) is 2.49. The highest BCUT2D eigenvalue weighted by Crippen LogP contribution is 2.34. The van der Waals surface area contributed by atoms with Gasteiger partial charge in [0.2, 0.25) is 0 Å². The Morgan fingerprint density at radius 2 is 2.19 bits per heavy atom. The summed E-state index contributed by atoms with van der Waals surface area (Å²) in [4.78, 5) is 13.5. The highest BCUT2D eigenvalue weighted by molar-refractivity contribution is 5.94. The average molecular weight is 291 g/mol. The van der Waals surface area contributed by atoms with Crippen LogP contribution < -0.4 is 4.74 Å². The molecule has 0 aromatic heterocycles. The van der Waals surface area contributed by atoms with E-state index in [2.05, 4.69) is 11.8 Å². The van der Waals surface area contributed by atoms with E-state index in [0.717, 1.165) is 5.92 Å². The second-order valence-corrected chi connectivity index (χ2v) is 6.07. The molecule has 1 aromatic rings. The van der Waals surface area contributed by atoms with Crippen LogP contribution in [0.1, 0.15) is 37.0 Å². The number of carbonyl (C=O) groups excluding carboxylic acids is 1. The number of hydrogen-bond acceptors (Lipinski definition) is 4. The molecule has 4 heteroatoms. The molecular formula is C17H25NO3. The number of ketones is 1. The molecule has 1 aliphatic rings. The smallest absolute Gasteiger partial charge is 0.159 e. The monoisotopic (exact) mass is 291 g/mol. The summed E-state index contributed by atoms with van der Waals surface area (Å²) in [6.45, 7) is 4.58. The van der Waals surface area contributed by atoms with Gasteiger partial charge in [-0.3, -0.25) is 4.79 Å². The summed E-state index contributed by atoms with van der Waals surface area (Å²) in [5.74, 6) is 1.43. The van der Waals surface area contributed by atoms with Crippen LogP contribution >= 0.6 is 0 Å². The zero-order valence-electron chi connectivity index (χ0n) is 13.1. The largest absolute Gasteiger partial charge is 0.491 e. The van der Waals surface area contributed by atoms with E-state index >= 15 is 0 Å². The molecule has 0 spiro atoms. The second kappa shape index (κ2) is 7.05. The molecule has 0 heterocycles. The lowest BCUT2D eigenvalue weighted by Crippen LogP contribution is -2.39. The Bertz CT molecular complexity index is 485. The molecule has 1 fully saturated rings. The van der Waals surface area contributed by atoms with Crippen LogP contribution in [0.15, 0.2) is 24.3 Å². The molecule has 0 radical (unpaired) electrons. The van der Waals surface area contributed by atoms with E-state index in [1.165, 1.54) is 19.8 Å². The lowest BCUT2D eigenvalue weighted by atomic mass is 10.1. The van der Waals surface area contributed by atoms with Crippen molar-refractivity contribution >= 4 is 5.78 Å². The van der Waals surface area contributed by atoms with Gasteiger partial charge in [-0.05, 0) is 51.8 Å². The zero-order chi connectivity index (χ0) is 15.4. The van der Waals surface area contributed by atoms with E-state index in [4.69, 9.17) is 4.74 Å². The molecule has 0 amide bonds. The van der Waals surface area contributed by atoms with Crippen LogP contribution in [0.25, 0.3) is 0 Å². The second-order valence-electron chi connectivity index (χ2n) is 6.07. The molecule has 1 saturated carbocycles. The summed E-state index contributed by atoms with van der Waals surface area (Å²) >= 11 is 0. The van der Waals surface area contributed by atoms with Crippen molar-refractivity contribution in [3.05, 3.63) is 29.8 Å². The summed E-state index contributed by atoms with van der Waals surface area (Å²) in [6, 6.07) is 7.58. The van der Waals surface area contributed by atoms with E-state index < -0.39 is 6.10 Å². The highest BCUT2D eigenvalue weighted by Gasteiger charge is 2.30. The fraction of sp³-hybridized carbons (Fsp3) is 0.588. The average Bonchev–Trinajstić information content (AvgIpc) is 3.29. The molecule has 2 rings (SSSR count). The number of ether oxygens (including phenoxy) is 1. The normalized spacial score (nSPS) is 17.6. The molecule has 4 nitrogen and oxygen atoms in total. The van der Waals surface area contributed by atoms with Gasteiger partial charge >= 0.3 is 0 Å². The number of carbonyl (C=O) groups is 1. The van der Waals surface area contributed by atoms with Gasteiger partial charge in [-0.15, -0.1) is 0 Å². The number of benzene rings is 1. The third kappa shape index (κ3) is 4.83. The Balaban J connectivity index is 1.79. The summed E-state index contributed by atoms with van der Waals surface area (Å²) in [6.07, 6.45) is 2.07. The first kappa shape index (κ1) is 16.0. The lowest BCUT2D eigenvalue weighted by Gasteiger charge is -2.26. The Labute approximate surface area is 126 Å². The minimum atomic E-state index is -0.530. The number of aliphatic hydroxyl groups excluding tert-OH is 1. The van der Waals surface area contributed by atoms with Gasteiger partial charge in [0.1, 0.15) is 18.5 Å². The number of rotatable bonds is 8. The predicted molar refractivity (Wildman–Crippen MR) is 82.8 cm³/mol. The van der Waals surface area contributed by atoms with Crippen LogP contribution in [0.4, 0.5) is 0 Å². The highest BCUT2D eigenvalue weighted by atomic mass is 16.5. The van der Waals surface area contributed by atoms with E-state index in [1.807, 2.05) is 7.05 Å². The summed E-state index contributed by atoms with van der Waals surface area (Å²) in [5.41, 5.74) is 0.626. The lowest BCUT2D eigenvalue weighted by molar-refractivity contribution is 0.0622. The SMILES string of the molecule is CC(=O)c1cccc(OCC(O)CN(C)C(C)C2CC2)c1. The third-order valence-corrected chi connectivity index (χ3v) is 4.18. The molecule has 116 valence electrons. The van der Waals surface area contributed by atoms with Gasteiger partial charge < -0.3 is 14.7 Å². The summed E-state index contributed by atoms with van der Waals surface area (Å²) in [7, 11) is 2.04. The van der Waals surface area contributed by atoms with Gasteiger partial charge in [0.05, 0.1) is 0 Å². The predicted octanol–water partition coefficient (Wildman–Crippen LogP) is 2.36. The van der Waals surface area contributed by atoms with Crippen molar-refractivity contribution in [1.29, 1.82) is 0 Å². The third-order valence-electron chi connectivity index (χ3n) is 4.18. The van der Waals surface area contributed by atoms with Crippen LogP contribution in [0.3, 0.4) is 0 Å². The first-order valence-electron chi connectivity index (χ1n) is 7.59. The van der Waals surface area contributed by atoms with Crippen molar-refractivity contribution in [2.45, 2.75) is 38.8 Å². The van der Waals surface area contributed by atoms with Crippen molar-refractivity contribution < 1.29 is 14.6 Å². The van der Waals surface area contributed by atoms with Gasteiger partial charge in [-0.1, -0.05) is 12.1 Å². The van der Waals surface area contributed by atoms with E-state index in [0.29, 0.717) is 23.9 Å². The molecule has 1 N–H and O–H groups in total. The van der Waals surface area contributed by atoms with Crippen LogP contribution in [0.2, 0.25) is 0 Å². The summed E-state index contributed by atoms with van der Waals surface area (Å²) in [5, 5.41) is 10.1. The number of hydrogen-bond donors (Lipinski definition) is 1.